The third-order valence-corrected chi connectivity index (χ3v) is 5.70. The summed E-state index contributed by atoms with van der Waals surface area (Å²) in [6.07, 6.45) is 2.31. The van der Waals surface area contributed by atoms with Crippen LogP contribution in [0.4, 0.5) is 10.1 Å². The Labute approximate surface area is 190 Å². The lowest BCUT2D eigenvalue weighted by atomic mass is 9.93. The molecule has 166 valence electrons. The number of hydrogen-bond donors (Lipinski definition) is 1. The fraction of sp³-hybridized carbons (Fsp3) is 0.192. The number of esters is 1. The fourth-order valence-corrected chi connectivity index (χ4v) is 4.08. The van der Waals surface area contributed by atoms with Gasteiger partial charge in [0, 0.05) is 28.6 Å². The van der Waals surface area contributed by atoms with Crippen LogP contribution in [0.2, 0.25) is 0 Å². The number of carbonyl (C=O) groups is 1. The van der Waals surface area contributed by atoms with Crippen molar-refractivity contribution in [1.29, 1.82) is 0 Å². The van der Waals surface area contributed by atoms with E-state index in [1.807, 2.05) is 38.1 Å². The summed E-state index contributed by atoms with van der Waals surface area (Å²) in [4.78, 5) is 17.6. The van der Waals surface area contributed by atoms with Gasteiger partial charge in [0.25, 0.3) is 0 Å². The number of hydrogen-bond acceptors (Lipinski definition) is 6. The second-order valence-corrected chi connectivity index (χ2v) is 8.06. The number of rotatable bonds is 4. The molecular weight excluding hydrogens is 421 g/mol. The molecule has 1 aliphatic carbocycles. The first kappa shape index (κ1) is 20.9. The molecule has 0 spiro atoms. The van der Waals surface area contributed by atoms with Crippen LogP contribution in [0.25, 0.3) is 10.9 Å². The van der Waals surface area contributed by atoms with E-state index in [2.05, 4.69) is 15.5 Å². The molecule has 1 N–H and O–H groups in total. The van der Waals surface area contributed by atoms with E-state index in [9.17, 15) is 9.18 Å². The second-order valence-electron chi connectivity index (χ2n) is 8.06. The highest BCUT2D eigenvalue weighted by Gasteiger charge is 2.29. The number of ether oxygens (including phenoxy) is 1. The monoisotopic (exact) mass is 443 g/mol. The van der Waals surface area contributed by atoms with Gasteiger partial charge in [0.15, 0.2) is 5.75 Å². The molecule has 0 radical (unpaired) electrons. The molecule has 0 bridgehead atoms. The molecule has 0 fully saturated rings. The summed E-state index contributed by atoms with van der Waals surface area (Å²) < 4.78 is 24.8. The Morgan fingerprint density at radius 2 is 1.91 bits per heavy atom. The van der Waals surface area contributed by atoms with Crippen LogP contribution in [0.15, 0.2) is 64.1 Å². The number of nitrogens with zero attached hydrogens (tertiary/aromatic N) is 2. The van der Waals surface area contributed by atoms with Crippen LogP contribution >= 0.6 is 0 Å². The van der Waals surface area contributed by atoms with E-state index < -0.39 is 5.97 Å². The molecule has 0 saturated carbocycles. The second kappa shape index (κ2) is 8.50. The summed E-state index contributed by atoms with van der Waals surface area (Å²) >= 11 is 0. The Morgan fingerprint density at radius 1 is 1.09 bits per heavy atom. The highest BCUT2D eigenvalue weighted by atomic mass is 19.1. The minimum Gasteiger partial charge on any atom is -0.453 e. The van der Waals surface area contributed by atoms with Crippen molar-refractivity contribution in [3.63, 3.8) is 0 Å². The average molecular weight is 443 g/mol. The maximum Gasteiger partial charge on any atom is 0.380 e. The lowest BCUT2D eigenvalue weighted by molar-refractivity contribution is 0.0700. The molecule has 0 unspecified atom stereocenters. The van der Waals surface area contributed by atoms with Crippen LogP contribution < -0.4 is 10.2 Å². The molecule has 6 nitrogen and oxygen atoms in total. The van der Waals surface area contributed by atoms with Crippen molar-refractivity contribution in [2.24, 2.45) is 5.10 Å². The van der Waals surface area contributed by atoms with Gasteiger partial charge in [0.05, 0.1) is 11.4 Å². The number of furan rings is 1. The highest BCUT2D eigenvalue weighted by Crippen LogP contribution is 2.32. The Balaban J connectivity index is 1.44. The number of aryl methyl sites for hydroxylation is 2. The minimum absolute atomic E-state index is 0.168. The molecule has 7 heteroatoms. The van der Waals surface area contributed by atoms with Crippen LogP contribution in [0, 0.1) is 19.7 Å². The highest BCUT2D eigenvalue weighted by molar-refractivity contribution is 6.06. The number of anilines is 1. The first-order valence-corrected chi connectivity index (χ1v) is 10.8. The molecule has 0 saturated heterocycles. The van der Waals surface area contributed by atoms with Gasteiger partial charge < -0.3 is 9.15 Å². The van der Waals surface area contributed by atoms with Crippen molar-refractivity contribution < 1.29 is 18.3 Å². The van der Waals surface area contributed by atoms with Crippen LogP contribution in [0.5, 0.6) is 5.75 Å². The van der Waals surface area contributed by atoms with Gasteiger partial charge >= 0.3 is 5.97 Å². The topological polar surface area (TPSA) is 76.7 Å². The zero-order valence-corrected chi connectivity index (χ0v) is 18.3. The van der Waals surface area contributed by atoms with Gasteiger partial charge in [-0.15, -0.1) is 0 Å². The molecule has 4 aromatic rings. The molecule has 2 aromatic heterocycles. The van der Waals surface area contributed by atoms with Gasteiger partial charge in [-0.1, -0.05) is 18.2 Å². The third-order valence-electron chi connectivity index (χ3n) is 5.70. The quantitative estimate of drug-likeness (QED) is 0.239. The number of para-hydroxylation sites is 1. The lowest BCUT2D eigenvalue weighted by Crippen LogP contribution is -2.13. The Hall–Kier alpha value is -4.00. The Morgan fingerprint density at radius 3 is 2.73 bits per heavy atom. The predicted octanol–water partition coefficient (Wildman–Crippen LogP) is 5.96. The molecule has 2 heterocycles. The van der Waals surface area contributed by atoms with Crippen molar-refractivity contribution in [2.45, 2.75) is 33.1 Å². The minimum atomic E-state index is -0.566. The molecule has 5 rings (SSSR count). The van der Waals surface area contributed by atoms with Gasteiger partial charge in [0.2, 0.25) is 5.76 Å². The zero-order valence-electron chi connectivity index (χ0n) is 18.3. The van der Waals surface area contributed by atoms with Gasteiger partial charge in [-0.2, -0.15) is 5.10 Å². The van der Waals surface area contributed by atoms with Gasteiger partial charge in [-0.25, -0.2) is 14.2 Å². The summed E-state index contributed by atoms with van der Waals surface area (Å²) in [6.45, 7) is 3.73. The molecular formula is C26H22FN3O3. The number of aromatic nitrogens is 1. The summed E-state index contributed by atoms with van der Waals surface area (Å²) in [6, 6.07) is 15.3. The van der Waals surface area contributed by atoms with Crippen LogP contribution in [-0.2, 0) is 6.42 Å². The number of pyridine rings is 1. The van der Waals surface area contributed by atoms with Crippen molar-refractivity contribution in [3.05, 3.63) is 88.8 Å². The summed E-state index contributed by atoms with van der Waals surface area (Å²) in [5, 5.41) is 5.41. The van der Waals surface area contributed by atoms with Gasteiger partial charge in [-0.3, -0.25) is 5.43 Å². The van der Waals surface area contributed by atoms with E-state index >= 15 is 0 Å². The van der Waals surface area contributed by atoms with Crippen LogP contribution in [0.1, 0.15) is 46.0 Å². The number of carbonyl (C=O) groups excluding carboxylic acids is 1. The van der Waals surface area contributed by atoms with Crippen molar-refractivity contribution >= 4 is 28.3 Å². The summed E-state index contributed by atoms with van der Waals surface area (Å²) in [7, 11) is 0. The largest absolute Gasteiger partial charge is 0.453 e. The molecule has 0 aliphatic heterocycles. The molecule has 0 amide bonds. The summed E-state index contributed by atoms with van der Waals surface area (Å²) in [5.74, 6) is 0.405. The van der Waals surface area contributed by atoms with E-state index in [0.29, 0.717) is 28.9 Å². The number of fused-ring (bicyclic) bond motifs is 2. The van der Waals surface area contributed by atoms with E-state index in [-0.39, 0.29) is 11.6 Å². The number of halogens is 1. The van der Waals surface area contributed by atoms with E-state index in [1.165, 1.54) is 12.1 Å². The van der Waals surface area contributed by atoms with E-state index in [4.69, 9.17) is 9.15 Å². The molecule has 2 aromatic carbocycles. The maximum absolute atomic E-state index is 13.1. The lowest BCUT2D eigenvalue weighted by Gasteiger charge is -2.13. The fourth-order valence-electron chi connectivity index (χ4n) is 4.08. The van der Waals surface area contributed by atoms with Crippen LogP contribution in [-0.4, -0.2) is 16.7 Å². The van der Waals surface area contributed by atoms with Crippen molar-refractivity contribution in [3.8, 4) is 5.75 Å². The van der Waals surface area contributed by atoms with E-state index in [1.54, 1.807) is 18.2 Å². The standard InChI is InChI=1S/C26H22FN3O3/c1-15-9-10-17-5-3-8-22(24(17)28-15)33-26(31)25-16(2)23-20(6-4-7-21(23)32-25)30-29-19-13-11-18(27)12-14-19/h3,5,8-14,29H,4,6-7H2,1-2H3/b30-20+. The first-order valence-electron chi connectivity index (χ1n) is 10.8. The number of hydrazone groups is 1. The number of nitrogens with one attached hydrogen (secondary N) is 1. The van der Waals surface area contributed by atoms with Crippen molar-refractivity contribution in [1.82, 2.24) is 4.98 Å². The van der Waals surface area contributed by atoms with Gasteiger partial charge in [-0.05, 0) is 63.1 Å². The average Bonchev–Trinajstić information content (AvgIpc) is 3.16. The molecule has 33 heavy (non-hydrogen) atoms. The predicted molar refractivity (Wildman–Crippen MR) is 124 cm³/mol. The number of benzene rings is 2. The van der Waals surface area contributed by atoms with E-state index in [0.717, 1.165) is 41.0 Å². The van der Waals surface area contributed by atoms with Crippen molar-refractivity contribution in [2.75, 3.05) is 5.43 Å². The van der Waals surface area contributed by atoms with Gasteiger partial charge in [0.1, 0.15) is 17.1 Å². The molecule has 0 atom stereocenters. The maximum atomic E-state index is 13.1. The third kappa shape index (κ3) is 4.09. The smallest absolute Gasteiger partial charge is 0.380 e. The SMILES string of the molecule is Cc1ccc2cccc(OC(=O)c3oc4c(c3C)/C(=N/Nc3ccc(F)cc3)CCC4)c2n1. The summed E-state index contributed by atoms with van der Waals surface area (Å²) in [5.41, 5.74) is 7.43. The first-order chi connectivity index (χ1) is 16.0. The molecule has 1 aliphatic rings. The normalized spacial score (nSPS) is 14.3. The van der Waals surface area contributed by atoms with Crippen LogP contribution in [0.3, 0.4) is 0 Å². The Bertz CT molecular complexity index is 1390. The zero-order chi connectivity index (χ0) is 22.9. The Kier molecular flexibility index (Phi) is 5.38.